The minimum atomic E-state index is -0.0995. The van der Waals surface area contributed by atoms with Crippen molar-refractivity contribution in [3.8, 4) is 0 Å². The summed E-state index contributed by atoms with van der Waals surface area (Å²) in [6, 6.07) is 0. The van der Waals surface area contributed by atoms with Crippen molar-refractivity contribution in [1.29, 1.82) is 0 Å². The monoisotopic (exact) mass is 160 g/mol. The molecule has 1 rings (SSSR count). The Kier molecular flexibility index (Phi) is 2.60. The Hall–Kier alpha value is -0.180. The summed E-state index contributed by atoms with van der Waals surface area (Å²) < 4.78 is 4.62. The van der Waals surface area contributed by atoms with E-state index in [4.69, 9.17) is 0 Å². The van der Waals surface area contributed by atoms with Crippen LogP contribution in [0.15, 0.2) is 0 Å². The van der Waals surface area contributed by atoms with Gasteiger partial charge in [-0.15, -0.1) is 0 Å². The van der Waals surface area contributed by atoms with Crippen molar-refractivity contribution >= 4 is 18.6 Å². The van der Waals surface area contributed by atoms with Crippen LogP contribution in [0.3, 0.4) is 0 Å². The van der Waals surface area contributed by atoms with Crippen LogP contribution in [0, 0.1) is 5.92 Å². The molecule has 0 saturated heterocycles. The first-order valence-corrected chi connectivity index (χ1v) is 4.03. The fourth-order valence-corrected chi connectivity index (χ4v) is 1.82. The van der Waals surface area contributed by atoms with Gasteiger partial charge in [-0.05, 0) is 12.8 Å². The molecule has 0 spiro atoms. The second-order valence-corrected chi connectivity index (χ2v) is 3.29. The van der Waals surface area contributed by atoms with Gasteiger partial charge in [0, 0.05) is 5.25 Å². The number of esters is 1. The van der Waals surface area contributed by atoms with Crippen LogP contribution in [-0.2, 0) is 9.53 Å². The topological polar surface area (TPSA) is 26.3 Å². The van der Waals surface area contributed by atoms with Crippen molar-refractivity contribution in [2.24, 2.45) is 5.92 Å². The lowest BCUT2D eigenvalue weighted by atomic mass is 10.1. The lowest BCUT2D eigenvalue weighted by Gasteiger charge is -2.10. The van der Waals surface area contributed by atoms with E-state index in [1.54, 1.807) is 0 Å². The molecule has 1 aliphatic carbocycles. The van der Waals surface area contributed by atoms with Gasteiger partial charge in [-0.2, -0.15) is 12.6 Å². The van der Waals surface area contributed by atoms with Crippen molar-refractivity contribution in [1.82, 2.24) is 0 Å². The minimum Gasteiger partial charge on any atom is -0.469 e. The molecule has 0 amide bonds. The highest BCUT2D eigenvalue weighted by Gasteiger charge is 2.30. The van der Waals surface area contributed by atoms with Gasteiger partial charge < -0.3 is 4.74 Å². The maximum atomic E-state index is 11.0. The first-order chi connectivity index (χ1) is 4.75. The molecule has 0 unspecified atom stereocenters. The van der Waals surface area contributed by atoms with Gasteiger partial charge in [-0.25, -0.2) is 0 Å². The quantitative estimate of drug-likeness (QED) is 0.461. The number of methoxy groups -OCH3 is 1. The van der Waals surface area contributed by atoms with E-state index in [-0.39, 0.29) is 17.1 Å². The van der Waals surface area contributed by atoms with Crippen LogP contribution in [0.1, 0.15) is 19.3 Å². The molecule has 0 aromatic heterocycles. The Morgan fingerprint density at radius 1 is 1.60 bits per heavy atom. The molecule has 58 valence electrons. The van der Waals surface area contributed by atoms with Crippen LogP contribution in [0.5, 0.6) is 0 Å². The first kappa shape index (κ1) is 7.92. The second kappa shape index (κ2) is 3.28. The summed E-state index contributed by atoms with van der Waals surface area (Å²) in [4.78, 5) is 11.0. The predicted octanol–water partition coefficient (Wildman–Crippen LogP) is 1.26. The largest absolute Gasteiger partial charge is 0.469 e. The summed E-state index contributed by atoms with van der Waals surface area (Å²) in [5.41, 5.74) is 0. The average molecular weight is 160 g/mol. The molecule has 2 atom stereocenters. The van der Waals surface area contributed by atoms with Gasteiger partial charge in [-0.3, -0.25) is 4.79 Å². The van der Waals surface area contributed by atoms with Crippen molar-refractivity contribution in [3.05, 3.63) is 0 Å². The van der Waals surface area contributed by atoms with Crippen LogP contribution >= 0.6 is 12.6 Å². The van der Waals surface area contributed by atoms with E-state index in [0.717, 1.165) is 19.3 Å². The normalized spacial score (nSPS) is 32.2. The fraction of sp³-hybridized carbons (Fsp3) is 0.857. The Labute approximate surface area is 66.4 Å². The highest BCUT2D eigenvalue weighted by Crippen LogP contribution is 2.30. The zero-order valence-electron chi connectivity index (χ0n) is 6.04. The molecule has 0 aromatic rings. The highest BCUT2D eigenvalue weighted by atomic mass is 32.1. The summed E-state index contributed by atoms with van der Waals surface area (Å²) >= 11 is 4.28. The van der Waals surface area contributed by atoms with Gasteiger partial charge in [0.25, 0.3) is 0 Å². The molecular formula is C7H12O2S. The number of ether oxygens (including phenoxy) is 1. The maximum absolute atomic E-state index is 11.0. The summed E-state index contributed by atoms with van der Waals surface area (Å²) in [5.74, 6) is -0.0502. The van der Waals surface area contributed by atoms with Gasteiger partial charge in [0.2, 0.25) is 0 Å². The number of rotatable bonds is 1. The van der Waals surface area contributed by atoms with Crippen LogP contribution in [-0.4, -0.2) is 18.3 Å². The average Bonchev–Trinajstić information content (AvgIpc) is 2.34. The Bertz CT molecular complexity index is 136. The highest BCUT2D eigenvalue weighted by molar-refractivity contribution is 7.81. The van der Waals surface area contributed by atoms with Crippen molar-refractivity contribution in [2.75, 3.05) is 7.11 Å². The molecule has 2 nitrogen and oxygen atoms in total. The van der Waals surface area contributed by atoms with Gasteiger partial charge in [0.05, 0.1) is 13.0 Å². The van der Waals surface area contributed by atoms with Crippen molar-refractivity contribution in [3.63, 3.8) is 0 Å². The Morgan fingerprint density at radius 3 is 2.70 bits per heavy atom. The van der Waals surface area contributed by atoms with E-state index in [9.17, 15) is 4.79 Å². The van der Waals surface area contributed by atoms with E-state index < -0.39 is 0 Å². The van der Waals surface area contributed by atoms with Gasteiger partial charge in [-0.1, -0.05) is 6.42 Å². The van der Waals surface area contributed by atoms with Crippen LogP contribution in [0.2, 0.25) is 0 Å². The smallest absolute Gasteiger partial charge is 0.309 e. The van der Waals surface area contributed by atoms with Crippen LogP contribution in [0.4, 0.5) is 0 Å². The second-order valence-electron chi connectivity index (χ2n) is 2.63. The third-order valence-electron chi connectivity index (χ3n) is 1.98. The number of hydrogen-bond acceptors (Lipinski definition) is 3. The predicted molar refractivity (Wildman–Crippen MR) is 42.1 cm³/mol. The third-order valence-corrected chi connectivity index (χ3v) is 2.60. The molecule has 0 aliphatic heterocycles. The summed E-state index contributed by atoms with van der Waals surface area (Å²) in [5, 5.41) is 0.229. The number of carbonyl (C=O) groups excluding carboxylic acids is 1. The maximum Gasteiger partial charge on any atom is 0.309 e. The van der Waals surface area contributed by atoms with Crippen LogP contribution < -0.4 is 0 Å². The molecule has 3 heteroatoms. The van der Waals surface area contributed by atoms with Crippen molar-refractivity contribution in [2.45, 2.75) is 24.5 Å². The van der Waals surface area contributed by atoms with Crippen LogP contribution in [0.25, 0.3) is 0 Å². The molecule has 0 heterocycles. The summed E-state index contributed by atoms with van der Waals surface area (Å²) in [7, 11) is 1.43. The fourth-order valence-electron chi connectivity index (χ4n) is 1.37. The number of hydrogen-bond donors (Lipinski definition) is 1. The van der Waals surface area contributed by atoms with Gasteiger partial charge in [0.1, 0.15) is 0 Å². The molecule has 10 heavy (non-hydrogen) atoms. The first-order valence-electron chi connectivity index (χ1n) is 3.51. The lowest BCUT2D eigenvalue weighted by molar-refractivity contribution is -0.144. The summed E-state index contributed by atoms with van der Waals surface area (Å²) in [6.07, 6.45) is 3.09. The molecule has 0 bridgehead atoms. The van der Waals surface area contributed by atoms with E-state index >= 15 is 0 Å². The Balaban J connectivity index is 2.46. The Morgan fingerprint density at radius 2 is 2.30 bits per heavy atom. The molecule has 0 N–H and O–H groups in total. The number of carbonyl (C=O) groups is 1. The molecule has 0 aromatic carbocycles. The molecule has 1 fully saturated rings. The lowest BCUT2D eigenvalue weighted by Crippen LogP contribution is -2.20. The summed E-state index contributed by atoms with van der Waals surface area (Å²) in [6.45, 7) is 0. The minimum absolute atomic E-state index is 0.0494. The molecular weight excluding hydrogens is 148 g/mol. The molecule has 1 aliphatic rings. The third kappa shape index (κ3) is 1.45. The SMILES string of the molecule is COC(=O)[C@H]1CCC[C@H]1S. The van der Waals surface area contributed by atoms with Gasteiger partial charge >= 0.3 is 5.97 Å². The van der Waals surface area contributed by atoms with Crippen molar-refractivity contribution < 1.29 is 9.53 Å². The van der Waals surface area contributed by atoms with E-state index in [2.05, 4.69) is 17.4 Å². The zero-order valence-corrected chi connectivity index (χ0v) is 6.93. The molecule has 1 saturated carbocycles. The molecule has 0 radical (unpaired) electrons. The van der Waals surface area contributed by atoms with E-state index in [1.807, 2.05) is 0 Å². The van der Waals surface area contributed by atoms with E-state index in [0.29, 0.717) is 0 Å². The number of thiol groups is 1. The zero-order chi connectivity index (χ0) is 7.56. The van der Waals surface area contributed by atoms with Gasteiger partial charge in [0.15, 0.2) is 0 Å². The standard InChI is InChI=1S/C7H12O2S/c1-9-7(8)5-3-2-4-6(5)10/h5-6,10H,2-4H2,1H3/t5-,6+/m0/s1. The van der Waals surface area contributed by atoms with E-state index in [1.165, 1.54) is 7.11 Å².